The van der Waals surface area contributed by atoms with E-state index in [4.69, 9.17) is 10.5 Å². The lowest BCUT2D eigenvalue weighted by molar-refractivity contribution is 0.0974. The van der Waals surface area contributed by atoms with Crippen LogP contribution in [0.2, 0.25) is 0 Å². The van der Waals surface area contributed by atoms with E-state index in [0.29, 0.717) is 24.4 Å². The van der Waals surface area contributed by atoms with Gasteiger partial charge in [-0.3, -0.25) is 4.79 Å². The Labute approximate surface area is 96.6 Å². The number of methoxy groups -OCH3 is 1. The van der Waals surface area contributed by atoms with E-state index in [2.05, 4.69) is 6.92 Å². The molecule has 1 aromatic carbocycles. The zero-order valence-electron chi connectivity index (χ0n) is 9.90. The predicted molar refractivity (Wildman–Crippen MR) is 64.8 cm³/mol. The average Bonchev–Trinajstić information content (AvgIpc) is 2.35. The lowest BCUT2D eigenvalue weighted by Gasteiger charge is -2.07. The van der Waals surface area contributed by atoms with Gasteiger partial charge in [0.15, 0.2) is 5.78 Å². The third-order valence-electron chi connectivity index (χ3n) is 2.66. The molecule has 88 valence electrons. The van der Waals surface area contributed by atoms with Crippen molar-refractivity contribution in [1.82, 2.24) is 0 Å². The monoisotopic (exact) mass is 221 g/mol. The molecule has 0 amide bonds. The van der Waals surface area contributed by atoms with Crippen LogP contribution in [0.4, 0.5) is 0 Å². The van der Waals surface area contributed by atoms with Crippen LogP contribution < -0.4 is 10.5 Å². The molecule has 3 nitrogen and oxygen atoms in total. The summed E-state index contributed by atoms with van der Waals surface area (Å²) < 4.78 is 5.08. The van der Waals surface area contributed by atoms with Gasteiger partial charge in [-0.05, 0) is 31.0 Å². The third kappa shape index (κ3) is 3.66. The summed E-state index contributed by atoms with van der Waals surface area (Å²) in [7, 11) is 1.60. The molecule has 0 aliphatic heterocycles. The van der Waals surface area contributed by atoms with Crippen LogP contribution in [0.1, 0.15) is 30.1 Å². The Hall–Kier alpha value is -1.35. The molecule has 0 heterocycles. The van der Waals surface area contributed by atoms with E-state index < -0.39 is 0 Å². The highest BCUT2D eigenvalue weighted by atomic mass is 16.5. The standard InChI is InChI=1S/C13H19NO2/c1-10(9-14)6-7-13(15)11-4-3-5-12(8-11)16-2/h3-5,8,10H,6-7,9,14H2,1-2H3. The molecule has 1 aromatic rings. The predicted octanol–water partition coefficient (Wildman–Crippen LogP) is 2.25. The first-order chi connectivity index (χ1) is 7.67. The fraction of sp³-hybridized carbons (Fsp3) is 0.462. The van der Waals surface area contributed by atoms with E-state index >= 15 is 0 Å². The maximum Gasteiger partial charge on any atom is 0.163 e. The van der Waals surface area contributed by atoms with E-state index in [1.54, 1.807) is 13.2 Å². The minimum absolute atomic E-state index is 0.152. The Morgan fingerprint density at radius 1 is 1.50 bits per heavy atom. The van der Waals surface area contributed by atoms with Gasteiger partial charge in [-0.15, -0.1) is 0 Å². The number of benzene rings is 1. The van der Waals surface area contributed by atoms with Crippen LogP contribution in [-0.2, 0) is 0 Å². The number of hydrogen-bond acceptors (Lipinski definition) is 3. The van der Waals surface area contributed by atoms with Crippen LogP contribution in [0.5, 0.6) is 5.75 Å². The van der Waals surface area contributed by atoms with Crippen LogP contribution in [-0.4, -0.2) is 19.4 Å². The second-order valence-electron chi connectivity index (χ2n) is 4.03. The van der Waals surface area contributed by atoms with Gasteiger partial charge in [-0.1, -0.05) is 19.1 Å². The Bertz CT molecular complexity index is 350. The number of ether oxygens (including phenoxy) is 1. The van der Waals surface area contributed by atoms with Gasteiger partial charge >= 0.3 is 0 Å². The SMILES string of the molecule is COc1cccc(C(=O)CCC(C)CN)c1. The first-order valence-corrected chi connectivity index (χ1v) is 5.54. The van der Waals surface area contributed by atoms with Gasteiger partial charge in [-0.2, -0.15) is 0 Å². The molecule has 1 rings (SSSR count). The lowest BCUT2D eigenvalue weighted by Crippen LogP contribution is -2.12. The maximum absolute atomic E-state index is 11.8. The quantitative estimate of drug-likeness (QED) is 0.750. The van der Waals surface area contributed by atoms with Crippen LogP contribution in [0.3, 0.4) is 0 Å². The van der Waals surface area contributed by atoms with Crippen LogP contribution in [0.15, 0.2) is 24.3 Å². The van der Waals surface area contributed by atoms with E-state index in [1.165, 1.54) is 0 Å². The van der Waals surface area contributed by atoms with Crippen molar-refractivity contribution in [3.63, 3.8) is 0 Å². The fourth-order valence-corrected chi connectivity index (χ4v) is 1.44. The van der Waals surface area contributed by atoms with Crippen molar-refractivity contribution in [2.75, 3.05) is 13.7 Å². The largest absolute Gasteiger partial charge is 0.497 e. The van der Waals surface area contributed by atoms with E-state index in [-0.39, 0.29) is 5.78 Å². The van der Waals surface area contributed by atoms with Gasteiger partial charge in [0, 0.05) is 12.0 Å². The van der Waals surface area contributed by atoms with E-state index in [0.717, 1.165) is 12.2 Å². The van der Waals surface area contributed by atoms with Crippen molar-refractivity contribution < 1.29 is 9.53 Å². The average molecular weight is 221 g/mol. The molecule has 0 radical (unpaired) electrons. The molecule has 16 heavy (non-hydrogen) atoms. The summed E-state index contributed by atoms with van der Waals surface area (Å²) >= 11 is 0. The molecule has 0 spiro atoms. The Morgan fingerprint density at radius 2 is 2.25 bits per heavy atom. The van der Waals surface area contributed by atoms with Crippen molar-refractivity contribution >= 4 is 5.78 Å². The fourth-order valence-electron chi connectivity index (χ4n) is 1.44. The molecule has 0 aromatic heterocycles. The van der Waals surface area contributed by atoms with Crippen LogP contribution >= 0.6 is 0 Å². The minimum Gasteiger partial charge on any atom is -0.497 e. The number of carbonyl (C=O) groups is 1. The normalized spacial score (nSPS) is 12.2. The number of carbonyl (C=O) groups excluding carboxylic acids is 1. The molecule has 0 aliphatic carbocycles. The van der Waals surface area contributed by atoms with Crippen molar-refractivity contribution in [3.8, 4) is 5.75 Å². The summed E-state index contributed by atoms with van der Waals surface area (Å²) in [5.41, 5.74) is 6.22. The summed E-state index contributed by atoms with van der Waals surface area (Å²) in [5.74, 6) is 1.27. The van der Waals surface area contributed by atoms with Crippen LogP contribution in [0, 0.1) is 5.92 Å². The Morgan fingerprint density at radius 3 is 2.88 bits per heavy atom. The highest BCUT2D eigenvalue weighted by Gasteiger charge is 2.08. The lowest BCUT2D eigenvalue weighted by atomic mass is 10.00. The highest BCUT2D eigenvalue weighted by Crippen LogP contribution is 2.15. The Kier molecular flexibility index (Phi) is 4.99. The van der Waals surface area contributed by atoms with Gasteiger partial charge in [0.2, 0.25) is 0 Å². The highest BCUT2D eigenvalue weighted by molar-refractivity contribution is 5.96. The molecule has 2 N–H and O–H groups in total. The maximum atomic E-state index is 11.8. The van der Waals surface area contributed by atoms with Crippen molar-refractivity contribution in [1.29, 1.82) is 0 Å². The van der Waals surface area contributed by atoms with Gasteiger partial charge < -0.3 is 10.5 Å². The smallest absolute Gasteiger partial charge is 0.163 e. The summed E-state index contributed by atoms with van der Waals surface area (Å²) in [6.45, 7) is 2.68. The van der Waals surface area contributed by atoms with Gasteiger partial charge in [0.05, 0.1) is 7.11 Å². The number of ketones is 1. The first-order valence-electron chi connectivity index (χ1n) is 5.54. The number of hydrogen-bond donors (Lipinski definition) is 1. The molecular weight excluding hydrogens is 202 g/mol. The van der Waals surface area contributed by atoms with Gasteiger partial charge in [0.1, 0.15) is 5.75 Å². The second-order valence-corrected chi connectivity index (χ2v) is 4.03. The van der Waals surface area contributed by atoms with Crippen molar-refractivity contribution in [2.45, 2.75) is 19.8 Å². The molecular formula is C13H19NO2. The first kappa shape index (κ1) is 12.7. The number of Topliss-reactive ketones (excluding diaryl/α,β-unsaturated/α-hetero) is 1. The Balaban J connectivity index is 2.58. The molecule has 1 atom stereocenters. The van der Waals surface area contributed by atoms with Gasteiger partial charge in [0.25, 0.3) is 0 Å². The molecule has 3 heteroatoms. The summed E-state index contributed by atoms with van der Waals surface area (Å²) in [6, 6.07) is 7.26. The molecule has 0 aliphatic rings. The van der Waals surface area contributed by atoms with Gasteiger partial charge in [-0.25, -0.2) is 0 Å². The zero-order chi connectivity index (χ0) is 12.0. The summed E-state index contributed by atoms with van der Waals surface area (Å²) in [4.78, 5) is 11.8. The molecule has 0 bridgehead atoms. The number of nitrogens with two attached hydrogens (primary N) is 1. The third-order valence-corrected chi connectivity index (χ3v) is 2.66. The number of rotatable bonds is 6. The topological polar surface area (TPSA) is 52.3 Å². The second kappa shape index (κ2) is 6.28. The van der Waals surface area contributed by atoms with E-state index in [1.807, 2.05) is 18.2 Å². The zero-order valence-corrected chi connectivity index (χ0v) is 9.90. The van der Waals surface area contributed by atoms with Crippen molar-refractivity contribution in [2.24, 2.45) is 11.7 Å². The van der Waals surface area contributed by atoms with E-state index in [9.17, 15) is 4.79 Å². The summed E-state index contributed by atoms with van der Waals surface area (Å²) in [5, 5.41) is 0. The minimum atomic E-state index is 0.152. The van der Waals surface area contributed by atoms with Crippen LogP contribution in [0.25, 0.3) is 0 Å². The molecule has 1 unspecified atom stereocenters. The summed E-state index contributed by atoms with van der Waals surface area (Å²) in [6.07, 6.45) is 1.39. The molecule has 0 fully saturated rings. The molecule has 0 saturated heterocycles. The molecule has 0 saturated carbocycles. The van der Waals surface area contributed by atoms with Crippen molar-refractivity contribution in [3.05, 3.63) is 29.8 Å².